The normalized spacial score (nSPS) is 12.5. The van der Waals surface area contributed by atoms with Crippen LogP contribution in [-0.2, 0) is 16.8 Å². The number of nitriles is 1. The fourth-order valence-electron chi connectivity index (χ4n) is 3.91. The van der Waals surface area contributed by atoms with Gasteiger partial charge in [0.15, 0.2) is 5.54 Å². The van der Waals surface area contributed by atoms with Crippen molar-refractivity contribution in [3.05, 3.63) is 102 Å². The number of nitrogens with one attached hydrogen (secondary N) is 1. The van der Waals surface area contributed by atoms with Crippen molar-refractivity contribution in [1.82, 2.24) is 10.3 Å². The topological polar surface area (TPSA) is 103 Å². The quantitative estimate of drug-likeness (QED) is 0.457. The minimum absolute atomic E-state index is 0.0556. The van der Waals surface area contributed by atoms with Gasteiger partial charge >= 0.3 is 5.97 Å². The van der Waals surface area contributed by atoms with Gasteiger partial charge in [-0.25, -0.2) is 9.78 Å². The van der Waals surface area contributed by atoms with E-state index in [4.69, 9.17) is 4.98 Å². The van der Waals surface area contributed by atoms with E-state index in [1.807, 2.05) is 36.4 Å². The first kappa shape index (κ1) is 21.7. The Hall–Kier alpha value is -4.50. The third-order valence-electron chi connectivity index (χ3n) is 5.67. The monoisotopic (exact) mass is 435 g/mol. The summed E-state index contributed by atoms with van der Waals surface area (Å²) in [6.45, 7) is 1.45. The van der Waals surface area contributed by atoms with Crippen LogP contribution in [-0.4, -0.2) is 22.0 Å². The van der Waals surface area contributed by atoms with Gasteiger partial charge in [-0.05, 0) is 18.6 Å². The second kappa shape index (κ2) is 8.93. The predicted octanol–water partition coefficient (Wildman–Crippen LogP) is 4.70. The zero-order valence-corrected chi connectivity index (χ0v) is 17.9. The summed E-state index contributed by atoms with van der Waals surface area (Å²) in [5.74, 6) is -1.77. The number of rotatable bonds is 6. The zero-order valence-electron chi connectivity index (χ0n) is 17.9. The summed E-state index contributed by atoms with van der Waals surface area (Å²) >= 11 is 0. The molecule has 0 bridgehead atoms. The molecule has 0 spiro atoms. The maximum atomic E-state index is 13.7. The Labute approximate surface area is 191 Å². The molecule has 0 unspecified atom stereocenters. The number of carboxylic acids is 1. The van der Waals surface area contributed by atoms with Crippen LogP contribution < -0.4 is 5.32 Å². The number of carbonyl (C=O) groups is 2. The van der Waals surface area contributed by atoms with E-state index in [2.05, 4.69) is 11.4 Å². The Morgan fingerprint density at radius 3 is 2.21 bits per heavy atom. The van der Waals surface area contributed by atoms with Crippen LogP contribution in [0.3, 0.4) is 0 Å². The average molecular weight is 435 g/mol. The lowest BCUT2D eigenvalue weighted by molar-refractivity contribution is -0.144. The van der Waals surface area contributed by atoms with E-state index >= 15 is 0 Å². The molecule has 6 heteroatoms. The molecule has 1 aromatic heterocycles. The van der Waals surface area contributed by atoms with Crippen LogP contribution in [0.4, 0.5) is 0 Å². The van der Waals surface area contributed by atoms with Crippen LogP contribution in [0, 0.1) is 11.3 Å². The third kappa shape index (κ3) is 4.04. The molecule has 1 heterocycles. The Morgan fingerprint density at radius 2 is 1.58 bits per heavy atom. The molecule has 4 rings (SSSR count). The summed E-state index contributed by atoms with van der Waals surface area (Å²) in [5.41, 5.74) is 1.36. The maximum Gasteiger partial charge on any atom is 0.333 e. The first-order valence-electron chi connectivity index (χ1n) is 10.4. The number of fused-ring (bicyclic) bond motifs is 1. The minimum atomic E-state index is -1.67. The largest absolute Gasteiger partial charge is 0.479 e. The molecular formula is C27H21N3O3. The number of aliphatic carboxylic acids is 1. The lowest BCUT2D eigenvalue weighted by atomic mass is 9.90. The van der Waals surface area contributed by atoms with Gasteiger partial charge in [0, 0.05) is 16.5 Å². The van der Waals surface area contributed by atoms with Crippen molar-refractivity contribution in [2.24, 2.45) is 0 Å². The molecule has 0 radical (unpaired) electrons. The van der Waals surface area contributed by atoms with Crippen molar-refractivity contribution in [1.29, 1.82) is 5.26 Å². The standard InChI is InChI=1S/C27H21N3O3/c1-27(26(32)33,19-12-6-3-7-13-19)30-25(31)23-20-14-8-9-15-22(20)29-24(21(23)16-17-28)18-10-4-2-5-11-18/h2-15H,16H2,1H3,(H,30,31)(H,32,33)/t27-/m1/s1. The first-order valence-corrected chi connectivity index (χ1v) is 10.4. The van der Waals surface area contributed by atoms with Crippen molar-refractivity contribution in [3.8, 4) is 17.3 Å². The Bertz CT molecular complexity index is 1380. The summed E-state index contributed by atoms with van der Waals surface area (Å²) in [7, 11) is 0. The lowest BCUT2D eigenvalue weighted by Crippen LogP contribution is -2.49. The number of nitrogens with zero attached hydrogens (tertiary/aromatic N) is 2. The average Bonchev–Trinajstić information content (AvgIpc) is 2.84. The number of pyridine rings is 1. The fraction of sp³-hybridized carbons (Fsp3) is 0.111. The van der Waals surface area contributed by atoms with Crippen LogP contribution in [0.15, 0.2) is 84.9 Å². The highest BCUT2D eigenvalue weighted by Crippen LogP contribution is 2.32. The molecule has 4 aromatic rings. The first-order chi connectivity index (χ1) is 16.0. The van der Waals surface area contributed by atoms with E-state index in [-0.39, 0.29) is 12.0 Å². The van der Waals surface area contributed by atoms with Crippen LogP contribution >= 0.6 is 0 Å². The van der Waals surface area contributed by atoms with E-state index in [9.17, 15) is 20.0 Å². The summed E-state index contributed by atoms with van der Waals surface area (Å²) in [5, 5.41) is 22.9. The van der Waals surface area contributed by atoms with Crippen LogP contribution in [0.2, 0.25) is 0 Å². The summed E-state index contributed by atoms with van der Waals surface area (Å²) in [6, 6.07) is 27.2. The van der Waals surface area contributed by atoms with Gasteiger partial charge in [-0.2, -0.15) is 5.26 Å². The molecule has 33 heavy (non-hydrogen) atoms. The SMILES string of the molecule is C[C@](NC(=O)c1c(CC#N)c(-c2ccccc2)nc2ccccc12)(C(=O)O)c1ccccc1. The third-order valence-corrected chi connectivity index (χ3v) is 5.67. The highest BCUT2D eigenvalue weighted by molar-refractivity contribution is 6.10. The number of benzene rings is 3. The van der Waals surface area contributed by atoms with E-state index in [1.165, 1.54) is 6.92 Å². The van der Waals surface area contributed by atoms with Gasteiger partial charge in [-0.15, -0.1) is 0 Å². The van der Waals surface area contributed by atoms with Crippen molar-refractivity contribution < 1.29 is 14.7 Å². The highest BCUT2D eigenvalue weighted by atomic mass is 16.4. The molecule has 0 fully saturated rings. The van der Waals surface area contributed by atoms with Crippen LogP contribution in [0.1, 0.15) is 28.4 Å². The van der Waals surface area contributed by atoms with Gasteiger partial charge in [0.05, 0.1) is 29.3 Å². The van der Waals surface area contributed by atoms with Gasteiger partial charge in [-0.1, -0.05) is 78.9 Å². The van der Waals surface area contributed by atoms with E-state index in [0.717, 1.165) is 5.56 Å². The van der Waals surface area contributed by atoms with Crippen molar-refractivity contribution >= 4 is 22.8 Å². The molecule has 1 amide bonds. The maximum absolute atomic E-state index is 13.7. The van der Waals surface area contributed by atoms with Crippen molar-refractivity contribution in [3.63, 3.8) is 0 Å². The summed E-state index contributed by atoms with van der Waals surface area (Å²) in [4.78, 5) is 30.7. The van der Waals surface area contributed by atoms with Gasteiger partial charge < -0.3 is 10.4 Å². The summed E-state index contributed by atoms with van der Waals surface area (Å²) in [6.07, 6.45) is -0.0556. The Balaban J connectivity index is 1.94. The molecule has 2 N–H and O–H groups in total. The van der Waals surface area contributed by atoms with Gasteiger partial charge in [0.25, 0.3) is 5.91 Å². The Kier molecular flexibility index (Phi) is 5.88. The van der Waals surface area contributed by atoms with Crippen molar-refractivity contribution in [2.75, 3.05) is 0 Å². The Morgan fingerprint density at radius 1 is 0.970 bits per heavy atom. The molecule has 0 saturated heterocycles. The number of para-hydroxylation sites is 1. The molecule has 0 aliphatic heterocycles. The van der Waals surface area contributed by atoms with E-state index < -0.39 is 17.4 Å². The molecule has 0 saturated carbocycles. The smallest absolute Gasteiger partial charge is 0.333 e. The van der Waals surface area contributed by atoms with Crippen molar-refractivity contribution in [2.45, 2.75) is 18.9 Å². The van der Waals surface area contributed by atoms with Crippen LogP contribution in [0.5, 0.6) is 0 Å². The molecular weight excluding hydrogens is 414 g/mol. The van der Waals surface area contributed by atoms with E-state index in [1.54, 1.807) is 48.5 Å². The van der Waals surface area contributed by atoms with Gasteiger partial charge in [0.1, 0.15) is 0 Å². The second-order valence-corrected chi connectivity index (χ2v) is 7.78. The number of hydrogen-bond donors (Lipinski definition) is 2. The summed E-state index contributed by atoms with van der Waals surface area (Å²) < 4.78 is 0. The molecule has 6 nitrogen and oxygen atoms in total. The van der Waals surface area contributed by atoms with Crippen LogP contribution in [0.25, 0.3) is 22.2 Å². The van der Waals surface area contributed by atoms with Gasteiger partial charge in [0.2, 0.25) is 0 Å². The predicted molar refractivity (Wildman–Crippen MR) is 125 cm³/mol. The minimum Gasteiger partial charge on any atom is -0.479 e. The molecule has 0 aliphatic carbocycles. The van der Waals surface area contributed by atoms with Gasteiger partial charge in [-0.3, -0.25) is 4.79 Å². The number of carboxylic acid groups (broad SMARTS) is 1. The molecule has 1 atom stereocenters. The highest BCUT2D eigenvalue weighted by Gasteiger charge is 2.38. The lowest BCUT2D eigenvalue weighted by Gasteiger charge is -2.28. The molecule has 162 valence electrons. The second-order valence-electron chi connectivity index (χ2n) is 7.78. The number of hydrogen-bond acceptors (Lipinski definition) is 4. The molecule has 0 aliphatic rings. The number of amides is 1. The number of carbonyl (C=O) groups excluding carboxylic acids is 1. The van der Waals surface area contributed by atoms with E-state index in [0.29, 0.717) is 27.7 Å². The number of aromatic nitrogens is 1. The molecule has 3 aromatic carbocycles. The fourth-order valence-corrected chi connectivity index (χ4v) is 3.91. The zero-order chi connectivity index (χ0) is 23.4.